The van der Waals surface area contributed by atoms with Crippen molar-refractivity contribution in [2.75, 3.05) is 0 Å². The highest BCUT2D eigenvalue weighted by Gasteiger charge is 2.34. The van der Waals surface area contributed by atoms with Gasteiger partial charge in [0.1, 0.15) is 0 Å². The van der Waals surface area contributed by atoms with E-state index in [0.29, 0.717) is 16.6 Å². The number of Topliss-reactive ketones (excluding diaryl/α,β-unsaturated/α-hetero) is 1. The van der Waals surface area contributed by atoms with E-state index in [1.165, 1.54) is 24.6 Å². The van der Waals surface area contributed by atoms with E-state index >= 15 is 0 Å². The number of rotatable bonds is 1. The molecule has 1 aromatic heterocycles. The average molecular weight is 255 g/mol. The van der Waals surface area contributed by atoms with Gasteiger partial charge in [-0.15, -0.1) is 0 Å². The van der Waals surface area contributed by atoms with Gasteiger partial charge in [-0.1, -0.05) is 12.1 Å². The van der Waals surface area contributed by atoms with E-state index < -0.39 is 11.7 Å². The first-order chi connectivity index (χ1) is 8.25. The number of ketones is 1. The van der Waals surface area contributed by atoms with Gasteiger partial charge < -0.3 is 4.57 Å². The number of alkyl halides is 3. The lowest BCUT2D eigenvalue weighted by molar-refractivity contribution is -0.136. The van der Waals surface area contributed by atoms with Crippen molar-refractivity contribution in [3.05, 3.63) is 35.0 Å². The Morgan fingerprint density at radius 3 is 2.39 bits per heavy atom. The minimum atomic E-state index is -4.42. The van der Waals surface area contributed by atoms with Crippen LogP contribution >= 0.6 is 0 Å². The molecule has 0 aliphatic carbocycles. The zero-order valence-electron chi connectivity index (χ0n) is 10.2. The smallest absolute Gasteiger partial charge is 0.341 e. The van der Waals surface area contributed by atoms with E-state index in [4.69, 9.17) is 0 Å². The number of fused-ring (bicyclic) bond motifs is 1. The number of aryl methyl sites for hydroxylation is 2. The molecule has 1 aromatic carbocycles. The molecule has 96 valence electrons. The monoisotopic (exact) mass is 255 g/mol. The summed E-state index contributed by atoms with van der Waals surface area (Å²) in [5.41, 5.74) is 0.263. The third-order valence-electron chi connectivity index (χ3n) is 3.10. The van der Waals surface area contributed by atoms with Crippen molar-refractivity contribution < 1.29 is 18.0 Å². The number of carbonyl (C=O) groups excluding carboxylic acids is 1. The molecule has 0 saturated carbocycles. The van der Waals surface area contributed by atoms with E-state index in [2.05, 4.69) is 0 Å². The van der Waals surface area contributed by atoms with Gasteiger partial charge in [0.25, 0.3) is 0 Å². The molecule has 0 saturated heterocycles. The molecule has 0 radical (unpaired) electrons. The first kappa shape index (κ1) is 12.7. The molecule has 0 bridgehead atoms. The van der Waals surface area contributed by atoms with E-state index in [-0.39, 0.29) is 11.3 Å². The fourth-order valence-electron chi connectivity index (χ4n) is 2.43. The summed E-state index contributed by atoms with van der Waals surface area (Å²) in [7, 11) is 1.49. The van der Waals surface area contributed by atoms with Crippen LogP contribution in [0.15, 0.2) is 18.2 Å². The van der Waals surface area contributed by atoms with Gasteiger partial charge in [-0.3, -0.25) is 4.79 Å². The van der Waals surface area contributed by atoms with Crippen molar-refractivity contribution in [1.29, 1.82) is 0 Å². The van der Waals surface area contributed by atoms with Crippen molar-refractivity contribution >= 4 is 16.7 Å². The molecule has 0 N–H and O–H groups in total. The molecular formula is C13H12F3NO. The summed E-state index contributed by atoms with van der Waals surface area (Å²) in [6, 6.07) is 4.00. The van der Waals surface area contributed by atoms with Gasteiger partial charge in [0.2, 0.25) is 0 Å². The van der Waals surface area contributed by atoms with Gasteiger partial charge in [-0.25, -0.2) is 0 Å². The van der Waals surface area contributed by atoms with Crippen LogP contribution < -0.4 is 0 Å². The molecule has 0 unspecified atom stereocenters. The maximum absolute atomic E-state index is 12.9. The molecule has 0 atom stereocenters. The predicted octanol–water partition coefficient (Wildman–Crippen LogP) is 3.71. The molecule has 18 heavy (non-hydrogen) atoms. The maximum Gasteiger partial charge on any atom is 0.418 e. The van der Waals surface area contributed by atoms with Crippen molar-refractivity contribution in [1.82, 2.24) is 4.57 Å². The summed E-state index contributed by atoms with van der Waals surface area (Å²) >= 11 is 0. The molecule has 0 fully saturated rings. The summed E-state index contributed by atoms with van der Waals surface area (Å²) in [4.78, 5) is 11.5. The molecule has 5 heteroatoms. The van der Waals surface area contributed by atoms with Crippen LogP contribution in [0.25, 0.3) is 10.9 Å². The highest BCUT2D eigenvalue weighted by atomic mass is 19.4. The normalized spacial score (nSPS) is 12.1. The number of benzene rings is 1. The van der Waals surface area contributed by atoms with Crippen LogP contribution in [0.5, 0.6) is 0 Å². The summed E-state index contributed by atoms with van der Waals surface area (Å²) in [5.74, 6) is -0.237. The van der Waals surface area contributed by atoms with Gasteiger partial charge >= 0.3 is 6.18 Å². The fourth-order valence-corrected chi connectivity index (χ4v) is 2.43. The van der Waals surface area contributed by atoms with Crippen LogP contribution in [-0.2, 0) is 13.2 Å². The summed E-state index contributed by atoms with van der Waals surface area (Å²) in [5, 5.41) is 0.470. The highest BCUT2D eigenvalue weighted by Crippen LogP contribution is 2.37. The van der Waals surface area contributed by atoms with Crippen LogP contribution in [0.1, 0.15) is 28.5 Å². The van der Waals surface area contributed by atoms with E-state index in [1.54, 1.807) is 13.0 Å². The molecule has 2 aromatic rings. The number of hydrogen-bond acceptors (Lipinski definition) is 1. The molecule has 2 rings (SSSR count). The van der Waals surface area contributed by atoms with Crippen LogP contribution in [0.3, 0.4) is 0 Å². The van der Waals surface area contributed by atoms with Crippen molar-refractivity contribution in [3.8, 4) is 0 Å². The fraction of sp³-hybridized carbons (Fsp3) is 0.308. The van der Waals surface area contributed by atoms with E-state index in [9.17, 15) is 18.0 Å². The van der Waals surface area contributed by atoms with Crippen LogP contribution in [-0.4, -0.2) is 10.4 Å². The first-order valence-corrected chi connectivity index (χ1v) is 5.41. The maximum atomic E-state index is 12.9. The zero-order chi connectivity index (χ0) is 13.7. The second kappa shape index (κ2) is 3.86. The Morgan fingerprint density at radius 1 is 1.28 bits per heavy atom. The largest absolute Gasteiger partial charge is 0.418 e. The molecule has 1 heterocycles. The topological polar surface area (TPSA) is 22.0 Å². The highest BCUT2D eigenvalue weighted by molar-refractivity contribution is 6.02. The standard InChI is InChI=1S/C13H12F3NO/c1-7-9-5-4-6-10(13(14,15)16)12(9)17(3)11(7)8(2)18/h4-6H,1-3H3. The van der Waals surface area contributed by atoms with Crippen LogP contribution in [0.4, 0.5) is 13.2 Å². The summed E-state index contributed by atoms with van der Waals surface area (Å²) < 4.78 is 40.2. The van der Waals surface area contributed by atoms with Gasteiger partial charge in [0, 0.05) is 19.4 Å². The third-order valence-corrected chi connectivity index (χ3v) is 3.10. The van der Waals surface area contributed by atoms with Gasteiger partial charge in [0.05, 0.1) is 16.8 Å². The van der Waals surface area contributed by atoms with Gasteiger partial charge in [-0.05, 0) is 18.6 Å². The Morgan fingerprint density at radius 2 is 1.89 bits per heavy atom. The second-order valence-corrected chi connectivity index (χ2v) is 4.29. The SMILES string of the molecule is CC(=O)c1c(C)c2cccc(C(F)(F)F)c2n1C. The number of hydrogen-bond donors (Lipinski definition) is 0. The average Bonchev–Trinajstić information content (AvgIpc) is 2.50. The van der Waals surface area contributed by atoms with Crippen molar-refractivity contribution in [2.24, 2.45) is 7.05 Å². The lowest BCUT2D eigenvalue weighted by Crippen LogP contribution is -2.09. The molecule has 0 aliphatic heterocycles. The van der Waals surface area contributed by atoms with Gasteiger partial charge in [0.15, 0.2) is 5.78 Å². The first-order valence-electron chi connectivity index (χ1n) is 5.41. The number of aromatic nitrogens is 1. The van der Waals surface area contributed by atoms with Crippen molar-refractivity contribution in [2.45, 2.75) is 20.0 Å². The number of para-hydroxylation sites is 1. The molecule has 0 amide bonds. The zero-order valence-corrected chi connectivity index (χ0v) is 10.2. The lowest BCUT2D eigenvalue weighted by atomic mass is 10.1. The van der Waals surface area contributed by atoms with E-state index in [0.717, 1.165) is 6.07 Å². The van der Waals surface area contributed by atoms with Crippen molar-refractivity contribution in [3.63, 3.8) is 0 Å². The number of carbonyl (C=O) groups is 1. The third kappa shape index (κ3) is 1.70. The quantitative estimate of drug-likeness (QED) is 0.712. The second-order valence-electron chi connectivity index (χ2n) is 4.29. The minimum Gasteiger partial charge on any atom is -0.341 e. The van der Waals surface area contributed by atoms with Crippen LogP contribution in [0, 0.1) is 6.92 Å². The minimum absolute atomic E-state index is 0.0627. The number of nitrogens with zero attached hydrogens (tertiary/aromatic N) is 1. The Kier molecular flexibility index (Phi) is 2.72. The summed E-state index contributed by atoms with van der Waals surface area (Å²) in [6.07, 6.45) is -4.42. The summed E-state index contributed by atoms with van der Waals surface area (Å²) in [6.45, 7) is 3.02. The van der Waals surface area contributed by atoms with Crippen LogP contribution in [0.2, 0.25) is 0 Å². The number of halogens is 3. The lowest BCUT2D eigenvalue weighted by Gasteiger charge is -2.10. The molecule has 0 aliphatic rings. The predicted molar refractivity (Wildman–Crippen MR) is 62.7 cm³/mol. The Bertz CT molecular complexity index is 638. The molecule has 2 nitrogen and oxygen atoms in total. The van der Waals surface area contributed by atoms with E-state index in [1.807, 2.05) is 0 Å². The Hall–Kier alpha value is -1.78. The van der Waals surface area contributed by atoms with Gasteiger partial charge in [-0.2, -0.15) is 13.2 Å². The Balaban J connectivity index is 2.95. The molecular weight excluding hydrogens is 243 g/mol. The Labute approximate surface area is 102 Å². The molecule has 0 spiro atoms.